The minimum atomic E-state index is -2.78. The van der Waals surface area contributed by atoms with Gasteiger partial charge in [0.05, 0.1) is 17.2 Å². The van der Waals surface area contributed by atoms with E-state index in [-0.39, 0.29) is 22.6 Å². The van der Waals surface area contributed by atoms with Crippen LogP contribution in [0.1, 0.15) is 24.5 Å². The van der Waals surface area contributed by atoms with Gasteiger partial charge in [-0.05, 0) is 39.6 Å². The Morgan fingerprint density at radius 1 is 1.18 bits per heavy atom. The third-order valence-electron chi connectivity index (χ3n) is 7.07. The number of fused-ring (bicyclic) bond motifs is 3. The number of rotatable bonds is 2. The molecule has 0 unspecified atom stereocenters. The van der Waals surface area contributed by atoms with E-state index in [1.54, 1.807) is 0 Å². The number of hydrogen-bond donors (Lipinski definition) is 6. The number of aliphatic hydroxyl groups is 4. The molecule has 33 heavy (non-hydrogen) atoms. The highest BCUT2D eigenvalue weighted by molar-refractivity contribution is 6.32. The van der Waals surface area contributed by atoms with Gasteiger partial charge in [-0.2, -0.15) is 0 Å². The van der Waals surface area contributed by atoms with Gasteiger partial charge in [0.15, 0.2) is 11.4 Å². The number of hydrogen-bond acceptors (Lipinski definition) is 9. The Kier molecular flexibility index (Phi) is 4.96. The lowest BCUT2D eigenvalue weighted by atomic mass is 9.54. The van der Waals surface area contributed by atoms with Crippen LogP contribution in [0, 0.1) is 11.8 Å². The molecular formula is C22H23ClN2O8. The second kappa shape index (κ2) is 7.04. The number of carbonyl (C=O) groups is 3. The maximum absolute atomic E-state index is 13.7. The van der Waals surface area contributed by atoms with E-state index in [4.69, 9.17) is 17.3 Å². The summed E-state index contributed by atoms with van der Waals surface area (Å²) in [5.41, 5.74) is -1.10. The number of Topliss-reactive ketones (excluding diaryl/α,β-unsaturated/α-hetero) is 2. The molecule has 11 heteroatoms. The average Bonchev–Trinajstić information content (AvgIpc) is 2.69. The SMILES string of the molecule is CN(C)[C@H]1C(=O)C(C(N)=O)=C(O)[C@@]2(O)C(=O)C3=C(O)c4c(O)ccc(Cl)c4[C@](C)(O)[C@H]3C[C@H]12. The van der Waals surface area contributed by atoms with Crippen LogP contribution in [0.2, 0.25) is 5.02 Å². The number of nitrogens with two attached hydrogens (primary N) is 1. The van der Waals surface area contributed by atoms with Crippen molar-refractivity contribution in [2.24, 2.45) is 17.6 Å². The molecule has 0 radical (unpaired) electrons. The van der Waals surface area contributed by atoms with Crippen LogP contribution in [0.25, 0.3) is 5.76 Å². The molecule has 1 aromatic rings. The molecule has 3 aliphatic carbocycles. The Balaban J connectivity index is 2.07. The fraction of sp³-hybridized carbons (Fsp3) is 0.409. The zero-order chi connectivity index (χ0) is 24.8. The Hall–Kier alpha value is -2.92. The Morgan fingerprint density at radius 3 is 2.33 bits per heavy atom. The Labute approximate surface area is 193 Å². The van der Waals surface area contributed by atoms with Crippen molar-refractivity contribution in [3.8, 4) is 5.75 Å². The molecule has 5 atom stereocenters. The molecule has 10 nitrogen and oxygen atoms in total. The molecule has 0 heterocycles. The monoisotopic (exact) mass is 478 g/mol. The fourth-order valence-electron chi connectivity index (χ4n) is 5.58. The highest BCUT2D eigenvalue weighted by atomic mass is 35.5. The van der Waals surface area contributed by atoms with Crippen molar-refractivity contribution in [2.75, 3.05) is 14.1 Å². The molecule has 7 N–H and O–H groups in total. The lowest BCUT2D eigenvalue weighted by Gasteiger charge is -2.53. The molecule has 0 aliphatic heterocycles. The minimum Gasteiger partial charge on any atom is -0.508 e. The number of amides is 1. The van der Waals surface area contributed by atoms with Gasteiger partial charge in [-0.15, -0.1) is 0 Å². The minimum absolute atomic E-state index is 0.0187. The number of aromatic hydroxyl groups is 1. The molecule has 0 saturated heterocycles. The number of benzene rings is 1. The quantitative estimate of drug-likeness (QED) is 0.325. The third kappa shape index (κ3) is 2.75. The lowest BCUT2D eigenvalue weighted by molar-refractivity contribution is -0.159. The predicted molar refractivity (Wildman–Crippen MR) is 115 cm³/mol. The predicted octanol–water partition coefficient (Wildman–Crippen LogP) is 0.282. The number of ketones is 2. The normalized spacial score (nSPS) is 33.7. The maximum Gasteiger partial charge on any atom is 0.255 e. The number of primary amides is 1. The first-order chi connectivity index (χ1) is 15.2. The number of likely N-dealkylation sites (N-methyl/N-ethyl adjacent to an activating group) is 1. The Morgan fingerprint density at radius 2 is 1.79 bits per heavy atom. The molecule has 0 aromatic heterocycles. The van der Waals surface area contributed by atoms with Gasteiger partial charge >= 0.3 is 0 Å². The number of halogens is 1. The summed E-state index contributed by atoms with van der Waals surface area (Å²) in [4.78, 5) is 40.1. The van der Waals surface area contributed by atoms with Gasteiger partial charge in [0.1, 0.15) is 22.8 Å². The zero-order valence-corrected chi connectivity index (χ0v) is 18.7. The van der Waals surface area contributed by atoms with Crippen LogP contribution in [0.5, 0.6) is 5.75 Å². The summed E-state index contributed by atoms with van der Waals surface area (Å²) >= 11 is 6.28. The number of carbonyl (C=O) groups excluding carboxylic acids is 3. The second-order valence-electron chi connectivity index (χ2n) is 9.08. The lowest BCUT2D eigenvalue weighted by Crippen LogP contribution is -2.67. The van der Waals surface area contributed by atoms with Crippen molar-refractivity contribution in [1.82, 2.24) is 4.90 Å². The fourth-order valence-corrected chi connectivity index (χ4v) is 5.93. The van der Waals surface area contributed by atoms with Gasteiger partial charge < -0.3 is 31.3 Å². The van der Waals surface area contributed by atoms with Crippen molar-refractivity contribution < 1.29 is 39.9 Å². The summed E-state index contributed by atoms with van der Waals surface area (Å²) in [5, 5.41) is 55.2. The van der Waals surface area contributed by atoms with E-state index in [2.05, 4.69) is 0 Å². The van der Waals surface area contributed by atoms with Crippen LogP contribution >= 0.6 is 11.6 Å². The molecule has 1 saturated carbocycles. The van der Waals surface area contributed by atoms with E-state index < -0.39 is 75.0 Å². The largest absolute Gasteiger partial charge is 0.508 e. The standard InChI is InChI=1S/C22H23ClN2O8/c1-21(32)7-6-8-15(25(2)3)17(28)13(20(24)31)19(30)22(8,33)18(29)11(7)16(27)12-10(26)5-4-9(23)14(12)21/h4-5,7-8,15,26-27,30,32-33H,6H2,1-3H3,(H2,24,31)/t7-,8+,15+,21+,22-/m0/s1. The molecule has 1 amide bonds. The van der Waals surface area contributed by atoms with Crippen molar-refractivity contribution in [3.05, 3.63) is 45.2 Å². The summed E-state index contributed by atoms with van der Waals surface area (Å²) in [5.74, 6) is -8.30. The van der Waals surface area contributed by atoms with E-state index in [9.17, 15) is 39.9 Å². The van der Waals surface area contributed by atoms with Crippen LogP contribution in [0.4, 0.5) is 0 Å². The summed E-state index contributed by atoms with van der Waals surface area (Å²) in [6, 6.07) is 1.24. The van der Waals surface area contributed by atoms with E-state index in [0.29, 0.717) is 0 Å². The molecular weight excluding hydrogens is 456 g/mol. The van der Waals surface area contributed by atoms with Gasteiger partial charge in [0.2, 0.25) is 5.78 Å². The topological polar surface area (TPSA) is 182 Å². The molecule has 0 bridgehead atoms. The van der Waals surface area contributed by atoms with E-state index >= 15 is 0 Å². The van der Waals surface area contributed by atoms with Crippen molar-refractivity contribution in [1.29, 1.82) is 0 Å². The van der Waals surface area contributed by atoms with Crippen molar-refractivity contribution in [2.45, 2.75) is 30.6 Å². The van der Waals surface area contributed by atoms with E-state index in [0.717, 1.165) is 0 Å². The molecule has 176 valence electrons. The van der Waals surface area contributed by atoms with E-state index in [1.165, 1.54) is 38.1 Å². The maximum atomic E-state index is 13.7. The van der Waals surface area contributed by atoms with Gasteiger partial charge in [0, 0.05) is 28.0 Å². The number of aliphatic hydroxyl groups excluding tert-OH is 2. The summed E-state index contributed by atoms with van der Waals surface area (Å²) in [6.45, 7) is 1.34. The average molecular weight is 479 g/mol. The van der Waals surface area contributed by atoms with Gasteiger partial charge in [-0.25, -0.2) is 0 Å². The highest BCUT2D eigenvalue weighted by Crippen LogP contribution is 2.58. The summed E-state index contributed by atoms with van der Waals surface area (Å²) in [7, 11) is 2.97. The number of phenols is 1. The number of phenolic OH excluding ortho intramolecular Hbond substituents is 1. The van der Waals surface area contributed by atoms with Crippen LogP contribution < -0.4 is 5.73 Å². The van der Waals surface area contributed by atoms with Crippen LogP contribution in [-0.2, 0) is 20.0 Å². The molecule has 4 rings (SSSR count). The first-order valence-corrected chi connectivity index (χ1v) is 10.5. The summed E-state index contributed by atoms with van der Waals surface area (Å²) < 4.78 is 0. The zero-order valence-electron chi connectivity index (χ0n) is 18.0. The highest BCUT2D eigenvalue weighted by Gasteiger charge is 2.66. The first kappa shape index (κ1) is 23.2. The summed E-state index contributed by atoms with van der Waals surface area (Å²) in [6.07, 6.45) is -0.259. The Bertz CT molecular complexity index is 1200. The molecule has 1 aromatic carbocycles. The van der Waals surface area contributed by atoms with Crippen LogP contribution in [0.15, 0.2) is 29.0 Å². The van der Waals surface area contributed by atoms with E-state index in [1.807, 2.05) is 0 Å². The second-order valence-corrected chi connectivity index (χ2v) is 9.48. The van der Waals surface area contributed by atoms with Gasteiger partial charge in [0.25, 0.3) is 5.91 Å². The van der Waals surface area contributed by atoms with Crippen LogP contribution in [-0.4, -0.2) is 73.6 Å². The molecule has 1 fully saturated rings. The van der Waals surface area contributed by atoms with Crippen LogP contribution in [0.3, 0.4) is 0 Å². The molecule has 0 spiro atoms. The smallest absolute Gasteiger partial charge is 0.255 e. The van der Waals surface area contributed by atoms with Gasteiger partial charge in [-0.1, -0.05) is 11.6 Å². The first-order valence-electron chi connectivity index (χ1n) is 10.1. The third-order valence-corrected chi connectivity index (χ3v) is 7.39. The van der Waals surface area contributed by atoms with Crippen molar-refractivity contribution >= 4 is 34.8 Å². The van der Waals surface area contributed by atoms with Crippen molar-refractivity contribution in [3.63, 3.8) is 0 Å². The number of nitrogens with zero attached hydrogens (tertiary/aromatic N) is 1. The van der Waals surface area contributed by atoms with Gasteiger partial charge in [-0.3, -0.25) is 19.3 Å². The molecule has 3 aliphatic rings.